The van der Waals surface area contributed by atoms with Gasteiger partial charge in [-0.1, -0.05) is 30.3 Å². The van der Waals surface area contributed by atoms with Gasteiger partial charge in [-0.05, 0) is 81.1 Å². The molecule has 2 aromatic rings. The summed E-state index contributed by atoms with van der Waals surface area (Å²) in [7, 11) is 0. The maximum atomic E-state index is 12.5. The van der Waals surface area contributed by atoms with E-state index in [0.29, 0.717) is 0 Å². The lowest BCUT2D eigenvalue weighted by molar-refractivity contribution is 0.0940. The number of rotatable bonds is 5. The molecule has 0 radical (unpaired) electrons. The molecule has 1 aliphatic heterocycles. The van der Waals surface area contributed by atoms with E-state index in [1.54, 1.807) is 0 Å². The van der Waals surface area contributed by atoms with Crippen LogP contribution >= 0.6 is 0 Å². The van der Waals surface area contributed by atoms with Crippen molar-refractivity contribution in [3.8, 4) is 0 Å². The molecule has 3 heteroatoms. The van der Waals surface area contributed by atoms with E-state index in [1.165, 1.54) is 42.6 Å². The van der Waals surface area contributed by atoms with Gasteiger partial charge in [-0.3, -0.25) is 9.69 Å². The number of likely N-dealkylation sites (tertiary alicyclic amines) is 1. The van der Waals surface area contributed by atoms with Crippen molar-refractivity contribution in [3.63, 3.8) is 0 Å². The minimum atomic E-state index is -0.0153. The fourth-order valence-corrected chi connectivity index (χ4v) is 3.36. The number of carbonyl (C=O) groups excluding carboxylic acids is 1. The Balaban J connectivity index is 1.61. The molecule has 25 heavy (non-hydrogen) atoms. The van der Waals surface area contributed by atoms with Crippen LogP contribution in [0.3, 0.4) is 0 Å². The van der Waals surface area contributed by atoms with Crippen molar-refractivity contribution in [1.82, 2.24) is 10.2 Å². The highest BCUT2D eigenvalue weighted by atomic mass is 16.1. The number of nitrogens with one attached hydrogen (secondary N) is 1. The van der Waals surface area contributed by atoms with E-state index in [2.05, 4.69) is 54.4 Å². The third-order valence-electron chi connectivity index (χ3n) is 5.20. The predicted octanol–water partition coefficient (Wildman–Crippen LogP) is 4.39. The lowest BCUT2D eigenvalue weighted by atomic mass is 10.0. The van der Waals surface area contributed by atoms with Gasteiger partial charge in [0.2, 0.25) is 0 Å². The molecule has 0 spiro atoms. The molecule has 1 N–H and O–H groups in total. The summed E-state index contributed by atoms with van der Waals surface area (Å²) in [5.41, 5.74) is 5.67. The average molecular weight is 336 g/mol. The predicted molar refractivity (Wildman–Crippen MR) is 103 cm³/mol. The SMILES string of the molecule is Cc1ccc([C@H](C)NC(=O)c2ccc(CN3CCCC3)cc2)cc1C. The molecule has 1 fully saturated rings. The Morgan fingerprint density at radius 3 is 2.36 bits per heavy atom. The minimum Gasteiger partial charge on any atom is -0.346 e. The number of aryl methyl sites for hydroxylation is 2. The van der Waals surface area contributed by atoms with Crippen LogP contribution in [0.2, 0.25) is 0 Å². The monoisotopic (exact) mass is 336 g/mol. The Labute approximate surface area is 151 Å². The molecule has 2 aromatic carbocycles. The van der Waals surface area contributed by atoms with E-state index < -0.39 is 0 Å². The standard InChI is InChI=1S/C22H28N2O/c1-16-6-9-21(14-17(16)2)18(3)23-22(25)20-10-7-19(8-11-20)15-24-12-4-5-13-24/h6-11,14,18H,4-5,12-13,15H2,1-3H3,(H,23,25)/t18-/m0/s1. The first kappa shape index (κ1) is 17.7. The number of amides is 1. The molecule has 3 rings (SSSR count). The van der Waals surface area contributed by atoms with Crippen LogP contribution < -0.4 is 5.32 Å². The van der Waals surface area contributed by atoms with Crippen LogP contribution in [-0.4, -0.2) is 23.9 Å². The van der Waals surface area contributed by atoms with Crippen molar-refractivity contribution in [2.75, 3.05) is 13.1 Å². The summed E-state index contributed by atoms with van der Waals surface area (Å²) >= 11 is 0. The summed E-state index contributed by atoms with van der Waals surface area (Å²) in [5.74, 6) is -0.0153. The van der Waals surface area contributed by atoms with Gasteiger partial charge in [-0.15, -0.1) is 0 Å². The highest BCUT2D eigenvalue weighted by Gasteiger charge is 2.14. The lowest BCUT2D eigenvalue weighted by Crippen LogP contribution is -2.26. The summed E-state index contributed by atoms with van der Waals surface area (Å²) < 4.78 is 0. The van der Waals surface area contributed by atoms with Crippen LogP contribution in [0, 0.1) is 13.8 Å². The Kier molecular flexibility index (Phi) is 5.54. The molecule has 3 nitrogen and oxygen atoms in total. The topological polar surface area (TPSA) is 32.3 Å². The van der Waals surface area contributed by atoms with E-state index in [4.69, 9.17) is 0 Å². The second kappa shape index (κ2) is 7.83. The number of carbonyl (C=O) groups is 1. The van der Waals surface area contributed by atoms with Crippen LogP contribution in [0.15, 0.2) is 42.5 Å². The average Bonchev–Trinajstić information content (AvgIpc) is 3.11. The molecule has 1 saturated heterocycles. The van der Waals surface area contributed by atoms with Crippen molar-refractivity contribution in [2.24, 2.45) is 0 Å². The van der Waals surface area contributed by atoms with Crippen LogP contribution in [0.4, 0.5) is 0 Å². The largest absolute Gasteiger partial charge is 0.346 e. The third-order valence-corrected chi connectivity index (χ3v) is 5.20. The molecular formula is C22H28N2O. The molecule has 0 unspecified atom stereocenters. The van der Waals surface area contributed by atoms with Gasteiger partial charge in [0.05, 0.1) is 6.04 Å². The summed E-state index contributed by atoms with van der Waals surface area (Å²) in [4.78, 5) is 15.0. The molecule has 0 bridgehead atoms. The lowest BCUT2D eigenvalue weighted by Gasteiger charge is -2.17. The van der Waals surface area contributed by atoms with Gasteiger partial charge in [-0.25, -0.2) is 0 Å². The summed E-state index contributed by atoms with van der Waals surface area (Å²) in [6.45, 7) is 9.61. The maximum absolute atomic E-state index is 12.5. The third kappa shape index (κ3) is 4.49. The Morgan fingerprint density at radius 2 is 1.72 bits per heavy atom. The first-order valence-electron chi connectivity index (χ1n) is 9.22. The quantitative estimate of drug-likeness (QED) is 0.878. The van der Waals surface area contributed by atoms with E-state index in [1.807, 2.05) is 19.1 Å². The smallest absolute Gasteiger partial charge is 0.251 e. The molecular weight excluding hydrogens is 308 g/mol. The fourth-order valence-electron chi connectivity index (χ4n) is 3.36. The van der Waals surface area contributed by atoms with Gasteiger partial charge in [-0.2, -0.15) is 0 Å². The van der Waals surface area contributed by atoms with Crippen molar-refractivity contribution in [2.45, 2.75) is 46.2 Å². The Hall–Kier alpha value is -2.13. The molecule has 1 atom stereocenters. The summed E-state index contributed by atoms with van der Waals surface area (Å²) in [6.07, 6.45) is 2.60. The van der Waals surface area contributed by atoms with E-state index in [-0.39, 0.29) is 11.9 Å². The van der Waals surface area contributed by atoms with E-state index >= 15 is 0 Å². The highest BCUT2D eigenvalue weighted by Crippen LogP contribution is 2.18. The van der Waals surface area contributed by atoms with E-state index in [0.717, 1.165) is 17.7 Å². The van der Waals surface area contributed by atoms with Gasteiger partial charge in [0.25, 0.3) is 5.91 Å². The zero-order chi connectivity index (χ0) is 17.8. The molecule has 0 aliphatic carbocycles. The summed E-state index contributed by atoms with van der Waals surface area (Å²) in [5, 5.41) is 3.10. The Bertz CT molecular complexity index is 730. The zero-order valence-electron chi connectivity index (χ0n) is 15.5. The zero-order valence-corrected chi connectivity index (χ0v) is 15.5. The van der Waals surface area contributed by atoms with Crippen molar-refractivity contribution < 1.29 is 4.79 Å². The van der Waals surface area contributed by atoms with Gasteiger partial charge in [0, 0.05) is 12.1 Å². The molecule has 1 amide bonds. The van der Waals surface area contributed by atoms with E-state index in [9.17, 15) is 4.79 Å². The molecule has 0 saturated carbocycles. The molecule has 0 aromatic heterocycles. The fraction of sp³-hybridized carbons (Fsp3) is 0.409. The molecule has 1 heterocycles. The second-order valence-corrected chi connectivity index (χ2v) is 7.22. The number of hydrogen-bond acceptors (Lipinski definition) is 2. The van der Waals surface area contributed by atoms with Crippen LogP contribution in [0.25, 0.3) is 0 Å². The highest BCUT2D eigenvalue weighted by molar-refractivity contribution is 5.94. The van der Waals surface area contributed by atoms with Crippen LogP contribution in [-0.2, 0) is 6.54 Å². The molecule has 132 valence electrons. The first-order chi connectivity index (χ1) is 12.0. The number of benzene rings is 2. The van der Waals surface area contributed by atoms with Crippen LogP contribution in [0.5, 0.6) is 0 Å². The first-order valence-corrected chi connectivity index (χ1v) is 9.22. The second-order valence-electron chi connectivity index (χ2n) is 7.22. The van der Waals surface area contributed by atoms with Gasteiger partial charge < -0.3 is 5.32 Å². The maximum Gasteiger partial charge on any atom is 0.251 e. The summed E-state index contributed by atoms with van der Waals surface area (Å²) in [6, 6.07) is 14.4. The molecule has 1 aliphatic rings. The van der Waals surface area contributed by atoms with Crippen molar-refractivity contribution in [1.29, 1.82) is 0 Å². The van der Waals surface area contributed by atoms with Gasteiger partial charge in [0.1, 0.15) is 0 Å². The Morgan fingerprint density at radius 1 is 1.04 bits per heavy atom. The van der Waals surface area contributed by atoms with Gasteiger partial charge >= 0.3 is 0 Å². The number of hydrogen-bond donors (Lipinski definition) is 1. The van der Waals surface area contributed by atoms with Crippen LogP contribution in [0.1, 0.15) is 58.4 Å². The van der Waals surface area contributed by atoms with Crippen molar-refractivity contribution in [3.05, 3.63) is 70.3 Å². The minimum absolute atomic E-state index is 0.00363. The number of nitrogens with zero attached hydrogens (tertiary/aromatic N) is 1. The normalized spacial score (nSPS) is 16.0. The van der Waals surface area contributed by atoms with Gasteiger partial charge in [0.15, 0.2) is 0 Å². The van der Waals surface area contributed by atoms with Crippen molar-refractivity contribution >= 4 is 5.91 Å².